The molecule has 39 heavy (non-hydrogen) atoms. The molecule has 6 rings (SSSR count). The number of carbonyl (C=O) groups excluding carboxylic acids is 1. The number of piperidine rings is 2. The number of anilines is 1. The normalized spacial score (nSPS) is 24.2. The molecular weight excluding hydrogens is 492 g/mol. The standard InChI is InChI=1S/C31H46N4O4/c1-4-37-26-18-23(17-25(24-9-10-24)28(26)35-13-7-6-8-14-35)20-33-21-31(22-33)19-27(32-39-31)34-15-11-30(3,12-16-34)29(36)38-5-2/h17-18,24H,4-16,19-22H2,1-3H3. The average Bonchev–Trinajstić information content (AvgIpc) is 3.68. The molecule has 8 nitrogen and oxygen atoms in total. The summed E-state index contributed by atoms with van der Waals surface area (Å²) in [6, 6.07) is 4.77. The molecule has 4 fully saturated rings. The van der Waals surface area contributed by atoms with Crippen molar-refractivity contribution in [3.63, 3.8) is 0 Å². The molecule has 5 aliphatic rings. The van der Waals surface area contributed by atoms with Crippen molar-refractivity contribution in [3.05, 3.63) is 23.3 Å². The van der Waals surface area contributed by atoms with Gasteiger partial charge in [0.25, 0.3) is 0 Å². The molecule has 8 heteroatoms. The van der Waals surface area contributed by atoms with Crippen molar-refractivity contribution >= 4 is 17.5 Å². The number of hydrogen-bond donors (Lipinski definition) is 0. The van der Waals surface area contributed by atoms with E-state index in [1.54, 1.807) is 0 Å². The van der Waals surface area contributed by atoms with Gasteiger partial charge in [0.05, 0.1) is 30.7 Å². The molecule has 1 aromatic rings. The second-order valence-electron chi connectivity index (χ2n) is 12.7. The van der Waals surface area contributed by atoms with Crippen molar-refractivity contribution in [1.82, 2.24) is 9.80 Å². The summed E-state index contributed by atoms with van der Waals surface area (Å²) in [4.78, 5) is 25.8. The number of carbonyl (C=O) groups is 1. The number of likely N-dealkylation sites (tertiary alicyclic amines) is 2. The summed E-state index contributed by atoms with van der Waals surface area (Å²) in [5.41, 5.74) is 3.65. The maximum absolute atomic E-state index is 12.4. The lowest BCUT2D eigenvalue weighted by Gasteiger charge is -2.46. The topological polar surface area (TPSA) is 66.8 Å². The van der Waals surface area contributed by atoms with Crippen LogP contribution in [0.1, 0.15) is 89.2 Å². The first kappa shape index (κ1) is 26.7. The van der Waals surface area contributed by atoms with E-state index in [0.717, 1.165) is 76.7 Å². The molecule has 4 aliphatic heterocycles. The minimum atomic E-state index is -0.388. The lowest BCUT2D eigenvalue weighted by Crippen LogP contribution is -2.61. The molecule has 0 amide bonds. The van der Waals surface area contributed by atoms with Crippen molar-refractivity contribution in [2.45, 2.75) is 90.2 Å². The van der Waals surface area contributed by atoms with Crippen LogP contribution in [0.25, 0.3) is 0 Å². The highest BCUT2D eigenvalue weighted by Gasteiger charge is 2.51. The Morgan fingerprint density at radius 3 is 2.44 bits per heavy atom. The molecule has 0 N–H and O–H groups in total. The number of hydrogen-bond acceptors (Lipinski definition) is 8. The monoisotopic (exact) mass is 538 g/mol. The van der Waals surface area contributed by atoms with Crippen LogP contribution in [0.2, 0.25) is 0 Å². The quantitative estimate of drug-likeness (QED) is 0.436. The number of oxime groups is 1. The number of esters is 1. The third-order valence-electron chi connectivity index (χ3n) is 9.41. The zero-order valence-corrected chi connectivity index (χ0v) is 24.2. The molecular formula is C31H46N4O4. The highest BCUT2D eigenvalue weighted by Crippen LogP contribution is 2.49. The molecule has 1 spiro atoms. The molecule has 0 radical (unpaired) electrons. The number of amidine groups is 1. The molecule has 214 valence electrons. The second-order valence-corrected chi connectivity index (χ2v) is 12.7. The molecule has 1 aromatic carbocycles. The van der Waals surface area contributed by atoms with E-state index in [2.05, 4.69) is 38.9 Å². The SMILES string of the molecule is CCOC(=O)C1(C)CCN(C2=NOC3(C2)CN(Cc2cc(OCC)c(N4CCCCC4)c(C4CC4)c2)C3)CC1. The molecule has 0 unspecified atom stereocenters. The third-order valence-corrected chi connectivity index (χ3v) is 9.41. The van der Waals surface area contributed by atoms with Crippen LogP contribution in [0.15, 0.2) is 17.3 Å². The molecule has 4 heterocycles. The lowest BCUT2D eigenvalue weighted by molar-refractivity contribution is -0.156. The van der Waals surface area contributed by atoms with E-state index in [1.165, 1.54) is 48.9 Å². The highest BCUT2D eigenvalue weighted by atomic mass is 16.7. The van der Waals surface area contributed by atoms with Crippen molar-refractivity contribution in [3.8, 4) is 5.75 Å². The predicted octanol–water partition coefficient (Wildman–Crippen LogP) is 4.91. The first-order valence-corrected chi connectivity index (χ1v) is 15.4. The molecule has 0 bridgehead atoms. The van der Waals surface area contributed by atoms with Crippen LogP contribution in [-0.4, -0.2) is 79.7 Å². The van der Waals surface area contributed by atoms with Gasteiger partial charge in [-0.15, -0.1) is 0 Å². The maximum atomic E-state index is 12.4. The Bertz CT molecular complexity index is 1080. The highest BCUT2D eigenvalue weighted by molar-refractivity contribution is 5.85. The third kappa shape index (κ3) is 5.46. The zero-order chi connectivity index (χ0) is 27.0. The van der Waals surface area contributed by atoms with Crippen LogP contribution in [0.3, 0.4) is 0 Å². The fourth-order valence-corrected chi connectivity index (χ4v) is 6.95. The van der Waals surface area contributed by atoms with Gasteiger partial charge in [0.15, 0.2) is 5.60 Å². The van der Waals surface area contributed by atoms with E-state index >= 15 is 0 Å². The number of ether oxygens (including phenoxy) is 2. The molecule has 3 saturated heterocycles. The smallest absolute Gasteiger partial charge is 0.311 e. The van der Waals surface area contributed by atoms with Gasteiger partial charge in [-0.1, -0.05) is 11.2 Å². The van der Waals surface area contributed by atoms with Crippen LogP contribution in [0.5, 0.6) is 5.75 Å². The van der Waals surface area contributed by atoms with E-state index in [9.17, 15) is 4.79 Å². The summed E-state index contributed by atoms with van der Waals surface area (Å²) in [7, 11) is 0. The summed E-state index contributed by atoms with van der Waals surface area (Å²) in [6.07, 6.45) is 8.93. The molecule has 1 aliphatic carbocycles. The minimum absolute atomic E-state index is 0.0679. The molecule has 1 saturated carbocycles. The van der Waals surface area contributed by atoms with Crippen LogP contribution < -0.4 is 9.64 Å². The fraction of sp³-hybridized carbons (Fsp3) is 0.742. The van der Waals surface area contributed by atoms with Crippen LogP contribution in [0, 0.1) is 5.41 Å². The number of nitrogens with zero attached hydrogens (tertiary/aromatic N) is 4. The van der Waals surface area contributed by atoms with E-state index < -0.39 is 0 Å². The van der Waals surface area contributed by atoms with Gasteiger partial charge in [-0.3, -0.25) is 9.69 Å². The number of rotatable bonds is 8. The van der Waals surface area contributed by atoms with Crippen molar-refractivity contribution < 1.29 is 19.1 Å². The number of benzene rings is 1. The van der Waals surface area contributed by atoms with Gasteiger partial charge in [-0.25, -0.2) is 0 Å². The van der Waals surface area contributed by atoms with Gasteiger partial charge in [0.1, 0.15) is 11.6 Å². The predicted molar refractivity (Wildman–Crippen MR) is 152 cm³/mol. The summed E-state index contributed by atoms with van der Waals surface area (Å²) < 4.78 is 11.6. The van der Waals surface area contributed by atoms with Crippen molar-refractivity contribution in [2.75, 3.05) is 57.4 Å². The Balaban J connectivity index is 1.06. The van der Waals surface area contributed by atoms with Crippen molar-refractivity contribution in [1.29, 1.82) is 0 Å². The van der Waals surface area contributed by atoms with Gasteiger partial charge >= 0.3 is 5.97 Å². The van der Waals surface area contributed by atoms with Gasteiger partial charge in [-0.2, -0.15) is 0 Å². The Hall–Kier alpha value is -2.48. The first-order valence-electron chi connectivity index (χ1n) is 15.4. The lowest BCUT2D eigenvalue weighted by atomic mass is 9.80. The Labute approximate surface area is 233 Å². The van der Waals surface area contributed by atoms with E-state index in [4.69, 9.17) is 14.3 Å². The van der Waals surface area contributed by atoms with Crippen LogP contribution in [-0.2, 0) is 20.9 Å². The zero-order valence-electron chi connectivity index (χ0n) is 24.2. The minimum Gasteiger partial charge on any atom is -0.492 e. The molecule has 0 atom stereocenters. The van der Waals surface area contributed by atoms with Gasteiger partial charge in [0.2, 0.25) is 0 Å². The van der Waals surface area contributed by atoms with Gasteiger partial charge in [-0.05, 0) is 88.8 Å². The van der Waals surface area contributed by atoms with Gasteiger partial charge in [0, 0.05) is 45.8 Å². The van der Waals surface area contributed by atoms with E-state index in [0.29, 0.717) is 19.1 Å². The maximum Gasteiger partial charge on any atom is 0.311 e. The summed E-state index contributed by atoms with van der Waals surface area (Å²) in [5.74, 6) is 2.74. The van der Waals surface area contributed by atoms with E-state index in [1.807, 2.05) is 13.8 Å². The van der Waals surface area contributed by atoms with Crippen LogP contribution in [0.4, 0.5) is 5.69 Å². The van der Waals surface area contributed by atoms with Crippen LogP contribution >= 0.6 is 0 Å². The Morgan fingerprint density at radius 2 is 1.77 bits per heavy atom. The summed E-state index contributed by atoms with van der Waals surface area (Å²) in [6.45, 7) is 13.8. The first-order chi connectivity index (χ1) is 18.9. The summed E-state index contributed by atoms with van der Waals surface area (Å²) >= 11 is 0. The average molecular weight is 539 g/mol. The Kier molecular flexibility index (Phi) is 7.42. The fourth-order valence-electron chi connectivity index (χ4n) is 6.95. The summed E-state index contributed by atoms with van der Waals surface area (Å²) in [5, 5.41) is 4.53. The van der Waals surface area contributed by atoms with Crippen molar-refractivity contribution in [2.24, 2.45) is 10.6 Å². The largest absolute Gasteiger partial charge is 0.492 e. The van der Waals surface area contributed by atoms with Gasteiger partial charge < -0.3 is 24.1 Å². The molecule has 0 aromatic heterocycles. The van der Waals surface area contributed by atoms with E-state index in [-0.39, 0.29) is 17.0 Å². The second kappa shape index (κ2) is 10.8. The Morgan fingerprint density at radius 1 is 1.03 bits per heavy atom.